The van der Waals surface area contributed by atoms with Crippen molar-refractivity contribution in [3.8, 4) is 0 Å². The lowest BCUT2D eigenvalue weighted by atomic mass is 9.49. The van der Waals surface area contributed by atoms with Gasteiger partial charge in [-0.1, -0.05) is 19.8 Å². The van der Waals surface area contributed by atoms with Crippen LogP contribution >= 0.6 is 0 Å². The van der Waals surface area contributed by atoms with Crippen LogP contribution in [0.25, 0.3) is 0 Å². The summed E-state index contributed by atoms with van der Waals surface area (Å²) in [6, 6.07) is 0.314. The molecule has 5 rings (SSSR count). The Morgan fingerprint density at radius 3 is 2.15 bits per heavy atom. The number of hydrogen-bond acceptors (Lipinski definition) is 3. The number of amides is 1. The van der Waals surface area contributed by atoms with Crippen molar-refractivity contribution in [2.45, 2.75) is 90.5 Å². The SMILES string of the molecule is CCOC(=O)CCN(C(=O)C12CC3CC(CC(C3)C1)C2)C1CCCCC1C. The molecule has 0 aromatic rings. The fraction of sp³-hybridized carbons (Fsp3) is 0.913. The fourth-order valence-corrected chi connectivity index (χ4v) is 7.30. The van der Waals surface area contributed by atoms with Gasteiger partial charge in [-0.2, -0.15) is 0 Å². The zero-order valence-electron chi connectivity index (χ0n) is 17.3. The molecule has 1 amide bonds. The van der Waals surface area contributed by atoms with Crippen LogP contribution in [0.4, 0.5) is 0 Å². The summed E-state index contributed by atoms with van der Waals surface area (Å²) in [5, 5.41) is 0. The van der Waals surface area contributed by atoms with Crippen LogP contribution in [-0.4, -0.2) is 36.0 Å². The van der Waals surface area contributed by atoms with Crippen LogP contribution in [0.1, 0.15) is 84.5 Å². The molecule has 0 heterocycles. The third-order valence-corrected chi connectivity index (χ3v) is 8.08. The predicted molar refractivity (Wildman–Crippen MR) is 105 cm³/mol. The van der Waals surface area contributed by atoms with E-state index in [0.29, 0.717) is 37.4 Å². The third-order valence-electron chi connectivity index (χ3n) is 8.08. The second kappa shape index (κ2) is 7.75. The van der Waals surface area contributed by atoms with Gasteiger partial charge in [-0.3, -0.25) is 9.59 Å². The molecule has 0 spiro atoms. The molecule has 5 aliphatic rings. The summed E-state index contributed by atoms with van der Waals surface area (Å²) >= 11 is 0. The molecule has 0 aliphatic heterocycles. The highest BCUT2D eigenvalue weighted by Gasteiger charge is 2.56. The average molecular weight is 376 g/mol. The van der Waals surface area contributed by atoms with Crippen LogP contribution in [0.5, 0.6) is 0 Å². The molecule has 2 atom stereocenters. The van der Waals surface area contributed by atoms with Gasteiger partial charge in [-0.15, -0.1) is 0 Å². The number of rotatable bonds is 6. The smallest absolute Gasteiger partial charge is 0.307 e. The second-order valence-corrected chi connectivity index (χ2v) is 10.1. The maximum atomic E-state index is 14.0. The van der Waals surface area contributed by atoms with Gasteiger partial charge >= 0.3 is 5.97 Å². The Kier molecular flexibility index (Phi) is 5.53. The van der Waals surface area contributed by atoms with E-state index in [9.17, 15) is 9.59 Å². The Morgan fingerprint density at radius 1 is 1.00 bits per heavy atom. The molecule has 0 radical (unpaired) electrons. The summed E-state index contributed by atoms with van der Waals surface area (Å²) < 4.78 is 5.16. The number of carbonyl (C=O) groups excluding carboxylic acids is 2. The second-order valence-electron chi connectivity index (χ2n) is 10.1. The quantitative estimate of drug-likeness (QED) is 0.639. The van der Waals surface area contributed by atoms with Crippen LogP contribution in [-0.2, 0) is 14.3 Å². The fourth-order valence-electron chi connectivity index (χ4n) is 7.30. The zero-order valence-corrected chi connectivity index (χ0v) is 17.3. The van der Waals surface area contributed by atoms with E-state index in [1.54, 1.807) is 0 Å². The number of hydrogen-bond donors (Lipinski definition) is 0. The van der Waals surface area contributed by atoms with Gasteiger partial charge in [-0.25, -0.2) is 0 Å². The Balaban J connectivity index is 1.53. The summed E-state index contributed by atoms with van der Waals surface area (Å²) in [6.07, 6.45) is 12.5. The predicted octanol–water partition coefficient (Wildman–Crippen LogP) is 4.56. The van der Waals surface area contributed by atoms with E-state index >= 15 is 0 Å². The van der Waals surface area contributed by atoms with Crippen molar-refractivity contribution < 1.29 is 14.3 Å². The van der Waals surface area contributed by atoms with Gasteiger partial charge in [0, 0.05) is 12.6 Å². The molecule has 4 nitrogen and oxygen atoms in total. The molecule has 0 aromatic carbocycles. The molecule has 0 saturated heterocycles. The molecule has 0 N–H and O–H groups in total. The molecule has 5 saturated carbocycles. The first-order valence-corrected chi connectivity index (χ1v) is 11.5. The third kappa shape index (κ3) is 3.78. The molecule has 5 aliphatic carbocycles. The Bertz CT molecular complexity index is 537. The van der Waals surface area contributed by atoms with Gasteiger partial charge in [-0.05, 0) is 82.0 Å². The van der Waals surface area contributed by atoms with E-state index in [4.69, 9.17) is 4.74 Å². The number of carbonyl (C=O) groups is 2. The van der Waals surface area contributed by atoms with Crippen LogP contribution < -0.4 is 0 Å². The van der Waals surface area contributed by atoms with Gasteiger partial charge in [0.1, 0.15) is 0 Å². The van der Waals surface area contributed by atoms with Crippen molar-refractivity contribution in [3.05, 3.63) is 0 Å². The van der Waals surface area contributed by atoms with Crippen LogP contribution in [0.3, 0.4) is 0 Å². The van der Waals surface area contributed by atoms with Crippen LogP contribution in [0.2, 0.25) is 0 Å². The average Bonchev–Trinajstić information content (AvgIpc) is 2.62. The minimum atomic E-state index is -0.163. The first kappa shape index (κ1) is 19.3. The van der Waals surface area contributed by atoms with E-state index in [-0.39, 0.29) is 11.4 Å². The first-order valence-electron chi connectivity index (χ1n) is 11.5. The molecule has 5 fully saturated rings. The van der Waals surface area contributed by atoms with E-state index < -0.39 is 0 Å². The van der Waals surface area contributed by atoms with Gasteiger partial charge in [0.05, 0.1) is 18.4 Å². The van der Waals surface area contributed by atoms with Crippen molar-refractivity contribution >= 4 is 11.9 Å². The molecule has 2 unspecified atom stereocenters. The first-order chi connectivity index (χ1) is 13.0. The topological polar surface area (TPSA) is 46.6 Å². The normalized spacial score (nSPS) is 40.0. The van der Waals surface area contributed by atoms with Crippen LogP contribution in [0.15, 0.2) is 0 Å². The molecule has 4 heteroatoms. The van der Waals surface area contributed by atoms with Crippen molar-refractivity contribution in [3.63, 3.8) is 0 Å². The highest BCUT2D eigenvalue weighted by molar-refractivity contribution is 5.84. The van der Waals surface area contributed by atoms with Crippen LogP contribution in [0, 0.1) is 29.1 Å². The summed E-state index contributed by atoms with van der Waals surface area (Å²) in [7, 11) is 0. The summed E-state index contributed by atoms with van der Waals surface area (Å²) in [5.74, 6) is 3.09. The highest BCUT2D eigenvalue weighted by atomic mass is 16.5. The van der Waals surface area contributed by atoms with Gasteiger partial charge < -0.3 is 9.64 Å². The standard InChI is InChI=1S/C23H37NO3/c1-3-27-21(25)8-9-24(20-7-5-4-6-16(20)2)22(26)23-13-17-10-18(14-23)12-19(11-17)15-23/h16-20H,3-15H2,1-2H3. The molecule has 27 heavy (non-hydrogen) atoms. The van der Waals surface area contributed by atoms with Crippen molar-refractivity contribution in [2.24, 2.45) is 29.1 Å². The number of esters is 1. The minimum Gasteiger partial charge on any atom is -0.466 e. The lowest BCUT2D eigenvalue weighted by Crippen LogP contribution is -2.58. The molecule has 4 bridgehead atoms. The molecule has 152 valence electrons. The minimum absolute atomic E-state index is 0.111. The lowest BCUT2D eigenvalue weighted by molar-refractivity contribution is -0.162. The maximum absolute atomic E-state index is 14.0. The summed E-state index contributed by atoms with van der Waals surface area (Å²) in [4.78, 5) is 28.2. The Morgan fingerprint density at radius 2 is 1.59 bits per heavy atom. The van der Waals surface area contributed by atoms with Crippen molar-refractivity contribution in [1.29, 1.82) is 0 Å². The van der Waals surface area contributed by atoms with E-state index in [1.165, 1.54) is 38.5 Å². The molecule has 0 aromatic heterocycles. The summed E-state index contributed by atoms with van der Waals surface area (Å²) in [6.45, 7) is 5.11. The number of ether oxygens (including phenoxy) is 1. The largest absolute Gasteiger partial charge is 0.466 e. The van der Waals surface area contributed by atoms with Gasteiger partial charge in [0.2, 0.25) is 5.91 Å². The van der Waals surface area contributed by atoms with E-state index in [1.807, 2.05) is 6.92 Å². The Hall–Kier alpha value is -1.06. The van der Waals surface area contributed by atoms with E-state index in [0.717, 1.165) is 43.4 Å². The van der Waals surface area contributed by atoms with Crippen molar-refractivity contribution in [1.82, 2.24) is 4.90 Å². The number of nitrogens with zero attached hydrogens (tertiary/aromatic N) is 1. The molecular weight excluding hydrogens is 338 g/mol. The van der Waals surface area contributed by atoms with Gasteiger partial charge in [0.15, 0.2) is 0 Å². The monoisotopic (exact) mass is 375 g/mol. The summed E-state index contributed by atoms with van der Waals surface area (Å²) in [5.41, 5.74) is -0.111. The maximum Gasteiger partial charge on any atom is 0.307 e. The highest BCUT2D eigenvalue weighted by Crippen LogP contribution is 2.60. The van der Waals surface area contributed by atoms with Gasteiger partial charge in [0.25, 0.3) is 0 Å². The van der Waals surface area contributed by atoms with E-state index in [2.05, 4.69) is 11.8 Å². The molecular formula is C23H37NO3. The van der Waals surface area contributed by atoms with Crippen molar-refractivity contribution in [2.75, 3.05) is 13.2 Å². The lowest BCUT2D eigenvalue weighted by Gasteiger charge is -2.57. The zero-order chi connectivity index (χ0) is 19.0. The Labute approximate surface area is 164 Å².